The number of nitrogens with two attached hydrogens (primary N) is 1. The number of halogens is 1. The van der Waals surface area contributed by atoms with E-state index in [4.69, 9.17) is 10.5 Å². The number of hydrogen-bond donors (Lipinski definition) is 2. The van der Waals surface area contributed by atoms with Crippen molar-refractivity contribution < 1.29 is 9.84 Å². The summed E-state index contributed by atoms with van der Waals surface area (Å²) >= 11 is 0. The molecule has 0 saturated carbocycles. The Balaban J connectivity index is 0.00000225. The van der Waals surface area contributed by atoms with Gasteiger partial charge < -0.3 is 15.6 Å². The lowest BCUT2D eigenvalue weighted by atomic mass is 10.0. The van der Waals surface area contributed by atoms with Crippen LogP contribution in [0.3, 0.4) is 0 Å². The minimum absolute atomic E-state index is 0. The first-order valence-electron chi connectivity index (χ1n) is 4.81. The average Bonchev–Trinajstić information content (AvgIpc) is 2.17. The van der Waals surface area contributed by atoms with E-state index in [-0.39, 0.29) is 24.2 Å². The SMILES string of the molecule is C=C(C)C[C@@H](N)c1ccc(O)c(OC)c1.Cl. The van der Waals surface area contributed by atoms with Crippen LogP contribution in [0.1, 0.15) is 24.9 Å². The molecule has 1 atom stereocenters. The lowest BCUT2D eigenvalue weighted by Gasteiger charge is -2.13. The smallest absolute Gasteiger partial charge is 0.160 e. The molecule has 0 bridgehead atoms. The number of hydrogen-bond acceptors (Lipinski definition) is 3. The highest BCUT2D eigenvalue weighted by Crippen LogP contribution is 2.29. The normalized spacial score (nSPS) is 11.4. The molecule has 0 heterocycles. The maximum atomic E-state index is 9.42. The average molecular weight is 244 g/mol. The highest BCUT2D eigenvalue weighted by Gasteiger charge is 2.09. The van der Waals surface area contributed by atoms with Crippen LogP contribution in [-0.2, 0) is 0 Å². The third-order valence-corrected chi connectivity index (χ3v) is 2.20. The number of rotatable bonds is 4. The summed E-state index contributed by atoms with van der Waals surface area (Å²) < 4.78 is 5.01. The second kappa shape index (κ2) is 6.40. The Morgan fingerprint density at radius 1 is 1.56 bits per heavy atom. The van der Waals surface area contributed by atoms with E-state index < -0.39 is 0 Å². The van der Waals surface area contributed by atoms with Gasteiger partial charge in [0.15, 0.2) is 11.5 Å². The van der Waals surface area contributed by atoms with E-state index in [1.54, 1.807) is 18.2 Å². The van der Waals surface area contributed by atoms with Crippen LogP contribution in [-0.4, -0.2) is 12.2 Å². The summed E-state index contributed by atoms with van der Waals surface area (Å²) in [7, 11) is 1.52. The first-order valence-corrected chi connectivity index (χ1v) is 4.81. The van der Waals surface area contributed by atoms with Crippen molar-refractivity contribution >= 4 is 12.4 Å². The summed E-state index contributed by atoms with van der Waals surface area (Å²) in [5, 5.41) is 9.42. The molecule has 90 valence electrons. The van der Waals surface area contributed by atoms with Crippen LogP contribution in [0.2, 0.25) is 0 Å². The molecule has 3 N–H and O–H groups in total. The van der Waals surface area contributed by atoms with Crippen molar-refractivity contribution in [2.75, 3.05) is 7.11 Å². The monoisotopic (exact) mass is 243 g/mol. The fraction of sp³-hybridized carbons (Fsp3) is 0.333. The fourth-order valence-corrected chi connectivity index (χ4v) is 1.42. The molecule has 0 amide bonds. The summed E-state index contributed by atoms with van der Waals surface area (Å²) in [6.07, 6.45) is 0.730. The van der Waals surface area contributed by atoms with Crippen molar-refractivity contribution in [2.24, 2.45) is 5.73 Å². The zero-order chi connectivity index (χ0) is 11.4. The summed E-state index contributed by atoms with van der Waals surface area (Å²) in [5.41, 5.74) is 7.95. The van der Waals surface area contributed by atoms with Gasteiger partial charge in [0.25, 0.3) is 0 Å². The molecule has 0 unspecified atom stereocenters. The van der Waals surface area contributed by atoms with Crippen molar-refractivity contribution in [1.82, 2.24) is 0 Å². The third kappa shape index (κ3) is 3.76. The van der Waals surface area contributed by atoms with E-state index in [9.17, 15) is 5.11 Å². The van der Waals surface area contributed by atoms with Gasteiger partial charge in [-0.2, -0.15) is 0 Å². The second-order valence-electron chi connectivity index (χ2n) is 3.70. The second-order valence-corrected chi connectivity index (χ2v) is 3.70. The highest BCUT2D eigenvalue weighted by atomic mass is 35.5. The minimum Gasteiger partial charge on any atom is -0.504 e. The molecule has 0 aromatic heterocycles. The summed E-state index contributed by atoms with van der Waals surface area (Å²) in [6.45, 7) is 5.76. The molecule has 1 rings (SSSR count). The predicted molar refractivity (Wildman–Crippen MR) is 68.3 cm³/mol. The van der Waals surface area contributed by atoms with Crippen molar-refractivity contribution in [1.29, 1.82) is 0 Å². The Morgan fingerprint density at radius 2 is 2.19 bits per heavy atom. The van der Waals surface area contributed by atoms with Gasteiger partial charge in [-0.15, -0.1) is 19.0 Å². The van der Waals surface area contributed by atoms with Gasteiger partial charge in [0.05, 0.1) is 7.11 Å². The Kier molecular flexibility index (Phi) is 5.93. The molecule has 0 saturated heterocycles. The molecule has 0 aliphatic heterocycles. The standard InChI is InChI=1S/C12H17NO2.ClH/c1-8(2)6-10(13)9-4-5-11(14)12(7-9)15-3;/h4-5,7,10,14H,1,6,13H2,2-3H3;1H/t10-;/m1./s1. The minimum atomic E-state index is -0.100. The number of phenolic OH excluding ortho intramolecular Hbond substituents is 1. The molecule has 0 fully saturated rings. The van der Waals surface area contributed by atoms with Gasteiger partial charge >= 0.3 is 0 Å². The van der Waals surface area contributed by atoms with E-state index in [1.165, 1.54) is 7.11 Å². The van der Waals surface area contributed by atoms with E-state index in [1.807, 2.05) is 6.92 Å². The lowest BCUT2D eigenvalue weighted by Crippen LogP contribution is -2.10. The largest absolute Gasteiger partial charge is 0.504 e. The van der Waals surface area contributed by atoms with Gasteiger partial charge in [0.1, 0.15) is 0 Å². The molecule has 0 radical (unpaired) electrons. The molecule has 1 aromatic rings. The van der Waals surface area contributed by atoms with Gasteiger partial charge in [-0.3, -0.25) is 0 Å². The van der Waals surface area contributed by atoms with Gasteiger partial charge in [0, 0.05) is 6.04 Å². The third-order valence-electron chi connectivity index (χ3n) is 2.20. The van der Waals surface area contributed by atoms with Crippen LogP contribution < -0.4 is 10.5 Å². The first-order chi connectivity index (χ1) is 7.04. The van der Waals surface area contributed by atoms with Gasteiger partial charge in [0.2, 0.25) is 0 Å². The molecule has 0 aliphatic carbocycles. The fourth-order valence-electron chi connectivity index (χ4n) is 1.42. The molecule has 4 heteroatoms. The molecule has 0 aliphatic rings. The summed E-state index contributed by atoms with van der Waals surface area (Å²) in [4.78, 5) is 0. The number of aromatic hydroxyl groups is 1. The summed E-state index contributed by atoms with van der Waals surface area (Å²) in [5.74, 6) is 0.577. The molecule has 16 heavy (non-hydrogen) atoms. The zero-order valence-electron chi connectivity index (χ0n) is 9.56. The quantitative estimate of drug-likeness (QED) is 0.800. The van der Waals surface area contributed by atoms with Crippen molar-refractivity contribution in [3.05, 3.63) is 35.9 Å². The van der Waals surface area contributed by atoms with Crippen LogP contribution in [0.25, 0.3) is 0 Å². The van der Waals surface area contributed by atoms with Crippen LogP contribution in [0, 0.1) is 0 Å². The molecule has 1 aromatic carbocycles. The lowest BCUT2D eigenvalue weighted by molar-refractivity contribution is 0.372. The number of methoxy groups -OCH3 is 1. The van der Waals surface area contributed by atoms with Gasteiger partial charge in [-0.1, -0.05) is 11.6 Å². The van der Waals surface area contributed by atoms with Crippen LogP contribution >= 0.6 is 12.4 Å². The molecular formula is C12H18ClNO2. The van der Waals surface area contributed by atoms with Crippen LogP contribution in [0.4, 0.5) is 0 Å². The topological polar surface area (TPSA) is 55.5 Å². The maximum Gasteiger partial charge on any atom is 0.160 e. The van der Waals surface area contributed by atoms with E-state index >= 15 is 0 Å². The maximum absolute atomic E-state index is 9.42. The van der Waals surface area contributed by atoms with Gasteiger partial charge in [-0.05, 0) is 31.0 Å². The Labute approximate surface area is 102 Å². The van der Waals surface area contributed by atoms with E-state index in [2.05, 4.69) is 6.58 Å². The Bertz CT molecular complexity index is 366. The Morgan fingerprint density at radius 3 is 2.69 bits per heavy atom. The molecule has 0 spiro atoms. The highest BCUT2D eigenvalue weighted by molar-refractivity contribution is 5.85. The van der Waals surface area contributed by atoms with E-state index in [0.29, 0.717) is 5.75 Å². The zero-order valence-corrected chi connectivity index (χ0v) is 10.4. The number of ether oxygens (including phenoxy) is 1. The van der Waals surface area contributed by atoms with E-state index in [0.717, 1.165) is 17.6 Å². The molecular weight excluding hydrogens is 226 g/mol. The Hall–Kier alpha value is -1.19. The number of benzene rings is 1. The summed E-state index contributed by atoms with van der Waals surface area (Å²) in [6, 6.07) is 5.04. The van der Waals surface area contributed by atoms with Crippen molar-refractivity contribution in [3.63, 3.8) is 0 Å². The van der Waals surface area contributed by atoms with Crippen LogP contribution in [0.5, 0.6) is 11.5 Å². The first kappa shape index (κ1) is 14.8. The van der Waals surface area contributed by atoms with Gasteiger partial charge in [-0.25, -0.2) is 0 Å². The van der Waals surface area contributed by atoms with Crippen molar-refractivity contribution in [2.45, 2.75) is 19.4 Å². The van der Waals surface area contributed by atoms with Crippen LogP contribution in [0.15, 0.2) is 30.4 Å². The molecule has 3 nitrogen and oxygen atoms in total. The number of phenols is 1. The van der Waals surface area contributed by atoms with Crippen molar-refractivity contribution in [3.8, 4) is 11.5 Å². The predicted octanol–water partition coefficient (Wildman–Crippen LogP) is 2.79.